The fourth-order valence-corrected chi connectivity index (χ4v) is 1.52. The molecule has 0 aromatic rings. The van der Waals surface area contributed by atoms with Crippen LogP contribution in [0.2, 0.25) is 3.98 Å². The van der Waals surface area contributed by atoms with Crippen molar-refractivity contribution < 1.29 is 23.1 Å². The van der Waals surface area contributed by atoms with Crippen LogP contribution >= 0.6 is 0 Å². The van der Waals surface area contributed by atoms with Crippen LogP contribution < -0.4 is 0 Å². The molecule has 0 aromatic carbocycles. The van der Waals surface area contributed by atoms with Crippen molar-refractivity contribution in [1.29, 1.82) is 0 Å². The predicted molar refractivity (Wildman–Crippen MR) is 43.8 cm³/mol. The quantitative estimate of drug-likeness (QED) is 0.595. The van der Waals surface area contributed by atoms with Crippen LogP contribution in [0.3, 0.4) is 0 Å². The molecule has 13 heavy (non-hydrogen) atoms. The standard InChI is InChI=1S/C5H11.C2HF3O2.Tl/c1-3-5-4-2;3-2(4,5)1(6)7;/h1,3-5H2,2H3;(H,6,7);. The van der Waals surface area contributed by atoms with Gasteiger partial charge in [0.15, 0.2) is 0 Å². The van der Waals surface area contributed by atoms with Crippen molar-refractivity contribution in [2.75, 3.05) is 0 Å². The largest absolute Gasteiger partial charge is 0.490 e. The minimum atomic E-state index is -5.08. The third kappa shape index (κ3) is 15.0. The summed E-state index contributed by atoms with van der Waals surface area (Å²) in [5.41, 5.74) is 0. The van der Waals surface area contributed by atoms with E-state index in [1.165, 1.54) is 49.0 Å². The molecule has 0 heterocycles. The molecular weight excluding hydrogens is 377 g/mol. The molecular formula is C7H12F3O2Tl. The summed E-state index contributed by atoms with van der Waals surface area (Å²) in [6.45, 7) is 2.25. The molecule has 76 valence electrons. The average molecular weight is 390 g/mol. The number of hydrogen-bond donors (Lipinski definition) is 1. The molecule has 0 rings (SSSR count). The Morgan fingerprint density at radius 2 is 1.77 bits per heavy atom. The van der Waals surface area contributed by atoms with Crippen LogP contribution in [-0.4, -0.2) is 43.0 Å². The summed E-state index contributed by atoms with van der Waals surface area (Å²) in [6, 6.07) is 0. The Hall–Kier alpha value is 0.182. The summed E-state index contributed by atoms with van der Waals surface area (Å²) < 4.78 is 33.3. The zero-order valence-electron chi connectivity index (χ0n) is 7.40. The topological polar surface area (TPSA) is 37.3 Å². The van der Waals surface area contributed by atoms with E-state index in [-0.39, 0.29) is 0 Å². The summed E-state index contributed by atoms with van der Waals surface area (Å²) in [5.74, 6) is -2.76. The van der Waals surface area contributed by atoms with E-state index in [0.717, 1.165) is 0 Å². The van der Waals surface area contributed by atoms with Gasteiger partial charge in [0.25, 0.3) is 0 Å². The Bertz CT molecular complexity index is 132. The van der Waals surface area contributed by atoms with Gasteiger partial charge in [-0.05, 0) is 0 Å². The van der Waals surface area contributed by atoms with E-state index in [9.17, 15) is 13.2 Å². The molecule has 0 bridgehead atoms. The second-order valence-corrected chi connectivity index (χ2v) is 4.54. The number of carboxylic acids is 1. The van der Waals surface area contributed by atoms with E-state index in [1.807, 2.05) is 0 Å². The van der Waals surface area contributed by atoms with Gasteiger partial charge in [-0.15, -0.1) is 0 Å². The van der Waals surface area contributed by atoms with Crippen molar-refractivity contribution in [3.8, 4) is 0 Å². The molecule has 0 saturated heterocycles. The Morgan fingerprint density at radius 3 is 1.85 bits per heavy atom. The van der Waals surface area contributed by atoms with Gasteiger partial charge < -0.3 is 5.11 Å². The molecule has 0 atom stereocenters. The normalized spacial score (nSPS) is 10.1. The van der Waals surface area contributed by atoms with Gasteiger partial charge in [0.1, 0.15) is 0 Å². The van der Waals surface area contributed by atoms with Crippen molar-refractivity contribution in [2.45, 2.75) is 36.3 Å². The Kier molecular flexibility index (Phi) is 10.5. The average Bonchev–Trinajstić information content (AvgIpc) is 2.00. The minimum Gasteiger partial charge on any atom is -0.475 e. The number of rotatable bonds is 3. The minimum absolute atomic E-state index is 1.24. The molecule has 1 N–H and O–H groups in total. The van der Waals surface area contributed by atoms with Crippen LogP contribution in [0.25, 0.3) is 0 Å². The van der Waals surface area contributed by atoms with Gasteiger partial charge in [0.05, 0.1) is 0 Å². The predicted octanol–water partition coefficient (Wildman–Crippen LogP) is 2.40. The molecule has 0 radical (unpaired) electrons. The van der Waals surface area contributed by atoms with E-state index in [1.54, 1.807) is 0 Å². The summed E-state index contributed by atoms with van der Waals surface area (Å²) in [6.07, 6.45) is -0.760. The Morgan fingerprint density at radius 1 is 1.38 bits per heavy atom. The summed E-state index contributed by atoms with van der Waals surface area (Å²) in [5, 5.41) is 7.12. The van der Waals surface area contributed by atoms with Crippen LogP contribution in [0.1, 0.15) is 26.2 Å². The number of unbranched alkanes of at least 4 members (excludes halogenated alkanes) is 2. The first-order valence-electron chi connectivity index (χ1n) is 3.86. The molecule has 0 saturated carbocycles. The third-order valence-electron chi connectivity index (χ3n) is 1.05. The fourth-order valence-electron chi connectivity index (χ4n) is 0.394. The third-order valence-corrected chi connectivity index (χ3v) is 2.64. The van der Waals surface area contributed by atoms with Gasteiger partial charge in [-0.3, -0.25) is 0 Å². The van der Waals surface area contributed by atoms with Crippen LogP contribution in [0.15, 0.2) is 0 Å². The number of alkyl halides is 3. The maximum Gasteiger partial charge on any atom is 0.490 e. The van der Waals surface area contributed by atoms with Gasteiger partial charge >= 0.3 is 68.1 Å². The van der Waals surface area contributed by atoms with Crippen molar-refractivity contribution >= 4 is 31.7 Å². The molecule has 0 aliphatic carbocycles. The SMILES string of the molecule is CCCC[CH2][Tl].O=C(O)C(F)(F)F. The van der Waals surface area contributed by atoms with E-state index in [4.69, 9.17) is 9.90 Å². The maximum absolute atomic E-state index is 10.6. The summed E-state index contributed by atoms with van der Waals surface area (Å²) in [4.78, 5) is 8.90. The number of carbonyl (C=O) groups is 1. The van der Waals surface area contributed by atoms with Gasteiger partial charge in [0, 0.05) is 0 Å². The summed E-state index contributed by atoms with van der Waals surface area (Å²) in [7, 11) is 0. The van der Waals surface area contributed by atoms with Crippen molar-refractivity contribution in [3.05, 3.63) is 0 Å². The van der Waals surface area contributed by atoms with E-state index < -0.39 is 12.1 Å². The Labute approximate surface area is 91.2 Å². The molecule has 0 fully saturated rings. The first-order valence-corrected chi connectivity index (χ1v) is 7.03. The molecule has 2 nitrogen and oxygen atoms in total. The molecule has 6 heteroatoms. The number of halogens is 3. The number of carboxylic acid groups (broad SMARTS) is 1. The van der Waals surface area contributed by atoms with Gasteiger partial charge in [-0.2, -0.15) is 13.2 Å². The van der Waals surface area contributed by atoms with Crippen molar-refractivity contribution in [3.63, 3.8) is 0 Å². The van der Waals surface area contributed by atoms with Gasteiger partial charge in [0.2, 0.25) is 0 Å². The zero-order valence-corrected chi connectivity index (χ0v) is 11.9. The fraction of sp³-hybridized carbons (Fsp3) is 0.857. The van der Waals surface area contributed by atoms with Crippen LogP contribution in [0.5, 0.6) is 0 Å². The van der Waals surface area contributed by atoms with Gasteiger partial charge in [-0.1, -0.05) is 0 Å². The van der Waals surface area contributed by atoms with Crippen LogP contribution in [0, 0.1) is 0 Å². The Balaban J connectivity index is 0. The molecule has 0 aliphatic heterocycles. The molecule has 0 aromatic heterocycles. The first-order chi connectivity index (χ1) is 5.86. The number of aliphatic carboxylic acids is 1. The van der Waals surface area contributed by atoms with Crippen molar-refractivity contribution in [2.24, 2.45) is 0 Å². The van der Waals surface area contributed by atoms with E-state index in [2.05, 4.69) is 6.92 Å². The monoisotopic (exact) mass is 390 g/mol. The molecule has 0 unspecified atom stereocenters. The van der Waals surface area contributed by atoms with Gasteiger partial charge in [-0.25, -0.2) is 4.79 Å². The van der Waals surface area contributed by atoms with Crippen LogP contribution in [0.4, 0.5) is 13.2 Å². The molecule has 0 amide bonds. The number of hydrogen-bond acceptors (Lipinski definition) is 1. The molecule has 0 spiro atoms. The van der Waals surface area contributed by atoms with Crippen molar-refractivity contribution in [1.82, 2.24) is 0 Å². The first kappa shape index (κ1) is 15.6. The smallest absolute Gasteiger partial charge is 0.475 e. The maximum atomic E-state index is 10.6. The molecule has 0 aliphatic rings. The van der Waals surface area contributed by atoms with E-state index >= 15 is 0 Å². The second kappa shape index (κ2) is 8.77. The summed E-state index contributed by atoms with van der Waals surface area (Å²) >= 11 is 1.24. The zero-order chi connectivity index (χ0) is 10.9. The van der Waals surface area contributed by atoms with Crippen LogP contribution in [-0.2, 0) is 4.79 Å². The second-order valence-electron chi connectivity index (χ2n) is 2.30. The van der Waals surface area contributed by atoms with E-state index in [0.29, 0.717) is 0 Å².